The van der Waals surface area contributed by atoms with E-state index in [-0.39, 0.29) is 12.2 Å². The Morgan fingerprint density at radius 1 is 1.20 bits per heavy atom. The Morgan fingerprint density at radius 2 is 1.97 bits per heavy atom. The fraction of sp³-hybridized carbons (Fsp3) is 0.222. The molecule has 160 valence electrons. The van der Waals surface area contributed by atoms with Crippen molar-refractivity contribution in [2.45, 2.75) is 17.9 Å². The van der Waals surface area contributed by atoms with Crippen molar-refractivity contribution in [1.82, 2.24) is 4.98 Å². The molecule has 0 unspecified atom stereocenters. The van der Waals surface area contributed by atoms with Gasteiger partial charge in [-0.2, -0.15) is 4.33 Å². The second kappa shape index (κ2) is 10.3. The van der Waals surface area contributed by atoms with Crippen LogP contribution in [0.5, 0.6) is 5.75 Å². The van der Waals surface area contributed by atoms with Gasteiger partial charge in [0.25, 0.3) is 0 Å². The minimum atomic E-state index is -4.19. The van der Waals surface area contributed by atoms with E-state index in [1.165, 1.54) is 18.4 Å². The van der Waals surface area contributed by atoms with Gasteiger partial charge in [-0.05, 0) is 23.8 Å². The Balaban J connectivity index is 1.73. The molecule has 0 fully saturated rings. The highest BCUT2D eigenvalue weighted by Gasteiger charge is 2.12. The van der Waals surface area contributed by atoms with E-state index in [1.54, 1.807) is 12.3 Å². The van der Waals surface area contributed by atoms with Crippen LogP contribution in [0.2, 0.25) is 0 Å². The normalized spacial score (nSPS) is 11.6. The third-order valence-electron chi connectivity index (χ3n) is 4.05. The van der Waals surface area contributed by atoms with Crippen molar-refractivity contribution in [2.75, 3.05) is 12.9 Å². The van der Waals surface area contributed by atoms with Crippen molar-refractivity contribution in [2.24, 2.45) is 0 Å². The van der Waals surface area contributed by atoms with E-state index in [1.807, 2.05) is 41.2 Å². The molecule has 3 rings (SSSR count). The molecule has 3 aromatic rings. The van der Waals surface area contributed by atoms with Crippen LogP contribution in [0.1, 0.15) is 6.42 Å². The second-order valence-corrected chi connectivity index (χ2v) is 9.35. The maximum atomic E-state index is 10.7. The minimum Gasteiger partial charge on any atom is -0.748 e. The molecular formula is C18H17N2O7S3-. The number of pyridine rings is 1. The van der Waals surface area contributed by atoms with E-state index in [4.69, 9.17) is 4.74 Å². The molecule has 2 aromatic heterocycles. The molecule has 0 aliphatic rings. The molecule has 0 N–H and O–H groups in total. The molecule has 0 saturated carbocycles. The number of ether oxygens (including phenoxy) is 1. The third-order valence-corrected chi connectivity index (χ3v) is 6.56. The summed E-state index contributed by atoms with van der Waals surface area (Å²) in [6, 6.07) is 9.20. The first-order valence-corrected chi connectivity index (χ1v) is 11.7. The first-order chi connectivity index (χ1) is 14.4. The first-order valence-electron chi connectivity index (χ1n) is 8.60. The average molecular weight is 470 g/mol. The topological polar surface area (TPSA) is 125 Å². The molecule has 0 saturated heterocycles. The van der Waals surface area contributed by atoms with Crippen LogP contribution in [0.15, 0.2) is 53.8 Å². The summed E-state index contributed by atoms with van der Waals surface area (Å²) in [5, 5.41) is 14.3. The van der Waals surface area contributed by atoms with Crippen LogP contribution in [-0.2, 0) is 26.0 Å². The number of aromatic nitrogens is 2. The average Bonchev–Trinajstić information content (AvgIpc) is 3.22. The zero-order chi connectivity index (χ0) is 21.6. The molecule has 0 radical (unpaired) electrons. The minimum absolute atomic E-state index is 0.260. The van der Waals surface area contributed by atoms with Gasteiger partial charge in [-0.15, -0.1) is 11.3 Å². The van der Waals surface area contributed by atoms with Crippen molar-refractivity contribution in [3.63, 3.8) is 0 Å². The van der Waals surface area contributed by atoms with Crippen LogP contribution in [0.4, 0.5) is 0 Å². The number of hydrogen-bond donors (Lipinski definition) is 0. The van der Waals surface area contributed by atoms with Crippen molar-refractivity contribution in [1.29, 1.82) is 0 Å². The van der Waals surface area contributed by atoms with E-state index < -0.39 is 10.1 Å². The van der Waals surface area contributed by atoms with Gasteiger partial charge in [0, 0.05) is 36.1 Å². The number of hydrogen-bond acceptors (Lipinski definition) is 10. The highest BCUT2D eigenvalue weighted by atomic mass is 32.2. The number of rotatable bonds is 10. The Bertz CT molecular complexity index is 1090. The highest BCUT2D eigenvalue weighted by molar-refractivity contribution is 7.94. The predicted molar refractivity (Wildman–Crippen MR) is 107 cm³/mol. The zero-order valence-corrected chi connectivity index (χ0v) is 18.2. The van der Waals surface area contributed by atoms with Gasteiger partial charge in [-0.3, -0.25) is 5.04 Å². The summed E-state index contributed by atoms with van der Waals surface area (Å²) in [6.07, 6.45) is 5.64. The first kappa shape index (κ1) is 22.6. The Hall–Kier alpha value is -2.06. The van der Waals surface area contributed by atoms with Gasteiger partial charge in [-0.1, -0.05) is 0 Å². The van der Waals surface area contributed by atoms with Gasteiger partial charge in [0.05, 0.1) is 39.0 Å². The number of methoxy groups -OCH3 is 1. The molecule has 2 heterocycles. The van der Waals surface area contributed by atoms with Crippen molar-refractivity contribution in [3.8, 4) is 26.8 Å². The Labute approximate surface area is 181 Å². The van der Waals surface area contributed by atoms with Crippen LogP contribution >= 0.6 is 23.4 Å². The van der Waals surface area contributed by atoms with Gasteiger partial charge in [0.1, 0.15) is 17.3 Å². The summed E-state index contributed by atoms with van der Waals surface area (Å²) in [6.45, 7) is 0.437. The maximum Gasteiger partial charge on any atom is 0.169 e. The number of aryl methyl sites for hydroxylation is 1. The predicted octanol–water partition coefficient (Wildman–Crippen LogP) is 1.94. The molecule has 0 aliphatic heterocycles. The van der Waals surface area contributed by atoms with Crippen molar-refractivity contribution in [3.05, 3.63) is 48.9 Å². The standard InChI is InChI=1S/C18H18N2O7S3/c1-25-15-4-3-14(11-16(15)29-27-26-21)17-12-19-18(28-17)13-5-8-20(9-6-13)7-2-10-30(22,23)24/h3-6,8-9,11-12H,2,7,10H2,1H3,(H-,21,22,23,24)/p-1. The summed E-state index contributed by atoms with van der Waals surface area (Å²) in [5.41, 5.74) is 1.78. The molecule has 30 heavy (non-hydrogen) atoms. The van der Waals surface area contributed by atoms with E-state index in [0.717, 1.165) is 33.1 Å². The van der Waals surface area contributed by atoms with E-state index in [9.17, 15) is 18.2 Å². The summed E-state index contributed by atoms with van der Waals surface area (Å²) < 4.78 is 43.5. The largest absolute Gasteiger partial charge is 0.748 e. The number of thiazole rings is 1. The fourth-order valence-corrected chi connectivity index (χ4v) is 4.57. The lowest BCUT2D eigenvalue weighted by Gasteiger charge is -2.09. The monoisotopic (exact) mass is 469 g/mol. The fourth-order valence-electron chi connectivity index (χ4n) is 2.66. The van der Waals surface area contributed by atoms with Crippen molar-refractivity contribution >= 4 is 33.5 Å². The van der Waals surface area contributed by atoms with E-state index >= 15 is 0 Å². The van der Waals surface area contributed by atoms with Gasteiger partial charge in [0.15, 0.2) is 12.4 Å². The van der Waals surface area contributed by atoms with E-state index in [2.05, 4.69) is 14.4 Å². The molecule has 0 aliphatic carbocycles. The summed E-state index contributed by atoms with van der Waals surface area (Å²) in [5.74, 6) is 0.161. The maximum absolute atomic E-state index is 10.7. The lowest BCUT2D eigenvalue weighted by molar-refractivity contribution is -0.777. The van der Waals surface area contributed by atoms with Gasteiger partial charge in [-0.25, -0.2) is 18.0 Å². The number of nitrogens with zero attached hydrogens (tertiary/aromatic N) is 2. The molecule has 9 nitrogen and oxygen atoms in total. The van der Waals surface area contributed by atoms with Crippen LogP contribution in [0.25, 0.3) is 21.0 Å². The van der Waals surface area contributed by atoms with Crippen LogP contribution < -0.4 is 14.6 Å². The summed E-state index contributed by atoms with van der Waals surface area (Å²) in [7, 11) is -2.68. The second-order valence-electron chi connectivity index (χ2n) is 6.05. The van der Waals surface area contributed by atoms with Crippen molar-refractivity contribution < 1.29 is 36.9 Å². The van der Waals surface area contributed by atoms with Gasteiger partial charge < -0.3 is 14.5 Å². The molecule has 0 bridgehead atoms. The molecular weight excluding hydrogens is 452 g/mol. The third kappa shape index (κ3) is 6.22. The van der Waals surface area contributed by atoms with Crippen LogP contribution in [-0.4, -0.2) is 30.8 Å². The highest BCUT2D eigenvalue weighted by Crippen LogP contribution is 2.37. The SMILES string of the molecule is COc1ccc(-c2cnc(-c3cc[n+](CCCS(=O)(=O)[O-])cc3)s2)cc1SOO[O-]. The lowest BCUT2D eigenvalue weighted by Crippen LogP contribution is -2.33. The van der Waals surface area contributed by atoms with Crippen LogP contribution in [0, 0.1) is 0 Å². The van der Waals surface area contributed by atoms with E-state index in [0.29, 0.717) is 17.2 Å². The van der Waals surface area contributed by atoms with Crippen LogP contribution in [0.3, 0.4) is 0 Å². The summed E-state index contributed by atoms with van der Waals surface area (Å²) >= 11 is 2.24. The lowest BCUT2D eigenvalue weighted by atomic mass is 10.2. The van der Waals surface area contributed by atoms with Gasteiger partial charge >= 0.3 is 0 Å². The summed E-state index contributed by atoms with van der Waals surface area (Å²) in [4.78, 5) is 5.96. The smallest absolute Gasteiger partial charge is 0.169 e. The molecule has 0 spiro atoms. The quantitative estimate of drug-likeness (QED) is 0.144. The molecule has 0 amide bonds. The van der Waals surface area contributed by atoms with Gasteiger partial charge in [0.2, 0.25) is 0 Å². The molecule has 1 aromatic carbocycles. The molecule has 12 heteroatoms. The zero-order valence-electron chi connectivity index (χ0n) is 15.7. The molecule has 0 atom stereocenters. The Morgan fingerprint density at radius 3 is 2.63 bits per heavy atom. The Kier molecular flexibility index (Phi) is 7.77. The number of benzene rings is 1.